The van der Waals surface area contributed by atoms with E-state index in [1.54, 1.807) is 18.2 Å². The number of benzene rings is 2. The fraction of sp³-hybridized carbons (Fsp3) is 0.0667. The second kappa shape index (κ2) is 6.52. The van der Waals surface area contributed by atoms with Gasteiger partial charge in [0, 0.05) is 3.57 Å². The molecule has 0 fully saturated rings. The lowest BCUT2D eigenvalue weighted by atomic mass is 10.1. The molecule has 0 aliphatic rings. The molecule has 122 valence electrons. The first kappa shape index (κ1) is 17.8. The number of para-hydroxylation sites is 1. The van der Waals surface area contributed by atoms with Crippen molar-refractivity contribution in [2.75, 3.05) is 4.31 Å². The molecule has 0 spiro atoms. The van der Waals surface area contributed by atoms with Crippen LogP contribution in [-0.4, -0.2) is 13.9 Å². The quantitative estimate of drug-likeness (QED) is 0.634. The number of hydrogen-bond donors (Lipinski definition) is 0. The molecule has 0 unspecified atom stereocenters. The average Bonchev–Trinajstić information content (AvgIpc) is 2.47. The molecule has 0 heterocycles. The summed E-state index contributed by atoms with van der Waals surface area (Å²) in [5.74, 6) is 0. The van der Waals surface area contributed by atoms with Crippen molar-refractivity contribution in [1.82, 2.24) is 0 Å². The van der Waals surface area contributed by atoms with Crippen LogP contribution < -0.4 is 4.31 Å². The van der Waals surface area contributed by atoms with E-state index in [4.69, 9.17) is 0 Å². The Morgan fingerprint density at radius 3 is 2.00 bits per heavy atom. The first-order chi connectivity index (χ1) is 10.6. The first-order valence-electron chi connectivity index (χ1n) is 6.26. The third-order valence-corrected chi connectivity index (χ3v) is 5.16. The fourth-order valence-electron chi connectivity index (χ4n) is 1.87. The van der Waals surface area contributed by atoms with Gasteiger partial charge in [-0.1, -0.05) is 36.9 Å². The van der Waals surface area contributed by atoms with E-state index in [0.717, 1.165) is 3.57 Å². The van der Waals surface area contributed by atoms with Crippen LogP contribution in [0.3, 0.4) is 0 Å². The Labute approximate surface area is 145 Å². The fourth-order valence-corrected chi connectivity index (χ4v) is 3.23. The molecule has 0 atom stereocenters. The van der Waals surface area contributed by atoms with Crippen molar-refractivity contribution in [2.24, 2.45) is 0 Å². The van der Waals surface area contributed by atoms with Crippen LogP contribution in [0.15, 0.2) is 61.2 Å². The van der Waals surface area contributed by atoms with Crippen molar-refractivity contribution in [3.63, 3.8) is 0 Å². The average molecular weight is 453 g/mol. The zero-order chi connectivity index (χ0) is 17.3. The summed E-state index contributed by atoms with van der Waals surface area (Å²) in [5.41, 5.74) is -5.56. The molecule has 0 radical (unpaired) electrons. The third-order valence-electron chi connectivity index (χ3n) is 2.95. The van der Waals surface area contributed by atoms with Crippen LogP contribution in [0.2, 0.25) is 0 Å². The van der Waals surface area contributed by atoms with E-state index in [2.05, 4.69) is 6.58 Å². The van der Waals surface area contributed by atoms with Gasteiger partial charge in [-0.3, -0.25) is 0 Å². The Bertz CT molecular complexity index is 803. The third kappa shape index (κ3) is 3.69. The number of rotatable bonds is 4. The SMILES string of the molecule is C=C(c1ccc(I)cc1)N(c1ccccc1)S(=O)(=O)C(F)(F)F. The van der Waals surface area contributed by atoms with Gasteiger partial charge in [0.05, 0.1) is 11.4 Å². The van der Waals surface area contributed by atoms with Gasteiger partial charge < -0.3 is 0 Å². The normalized spacial score (nSPS) is 12.0. The smallest absolute Gasteiger partial charge is 0.231 e. The highest BCUT2D eigenvalue weighted by molar-refractivity contribution is 14.1. The van der Waals surface area contributed by atoms with Gasteiger partial charge in [-0.15, -0.1) is 0 Å². The predicted molar refractivity (Wildman–Crippen MR) is 92.1 cm³/mol. The lowest BCUT2D eigenvalue weighted by Gasteiger charge is -2.27. The number of hydrogen-bond acceptors (Lipinski definition) is 2. The summed E-state index contributed by atoms with van der Waals surface area (Å²) in [6, 6.07) is 13.4. The maximum Gasteiger partial charge on any atom is 0.517 e. The number of anilines is 1. The summed E-state index contributed by atoms with van der Waals surface area (Å²) >= 11 is 2.04. The Balaban J connectivity index is 2.59. The van der Waals surface area contributed by atoms with Gasteiger partial charge >= 0.3 is 15.5 Å². The molecule has 23 heavy (non-hydrogen) atoms. The topological polar surface area (TPSA) is 37.4 Å². The second-order valence-corrected chi connectivity index (χ2v) is 7.53. The van der Waals surface area contributed by atoms with Crippen LogP contribution >= 0.6 is 22.6 Å². The zero-order valence-electron chi connectivity index (χ0n) is 11.6. The van der Waals surface area contributed by atoms with Crippen molar-refractivity contribution in [2.45, 2.75) is 5.51 Å². The molecule has 0 aliphatic carbocycles. The molecule has 0 aliphatic heterocycles. The number of halogens is 4. The van der Waals surface area contributed by atoms with E-state index in [9.17, 15) is 21.6 Å². The van der Waals surface area contributed by atoms with E-state index in [1.807, 2.05) is 22.6 Å². The van der Waals surface area contributed by atoms with E-state index in [1.165, 1.54) is 36.4 Å². The largest absolute Gasteiger partial charge is 0.517 e. The van der Waals surface area contributed by atoms with Crippen LogP contribution in [0, 0.1) is 3.57 Å². The van der Waals surface area contributed by atoms with Crippen LogP contribution in [-0.2, 0) is 10.0 Å². The highest BCUT2D eigenvalue weighted by atomic mass is 127. The number of sulfonamides is 1. The van der Waals surface area contributed by atoms with Crippen LogP contribution in [0.5, 0.6) is 0 Å². The molecule has 0 amide bonds. The summed E-state index contributed by atoms with van der Waals surface area (Å²) in [5, 5.41) is 0. The maximum absolute atomic E-state index is 13.0. The minimum atomic E-state index is -5.62. The molecule has 0 saturated heterocycles. The van der Waals surface area contributed by atoms with Crippen molar-refractivity contribution in [3.05, 3.63) is 70.3 Å². The Morgan fingerprint density at radius 1 is 1.00 bits per heavy atom. The van der Waals surface area contributed by atoms with Gasteiger partial charge in [-0.2, -0.15) is 21.6 Å². The molecular formula is C15H11F3INO2S. The first-order valence-corrected chi connectivity index (χ1v) is 8.78. The summed E-state index contributed by atoms with van der Waals surface area (Å²) < 4.78 is 64.1. The van der Waals surface area contributed by atoms with Gasteiger partial charge in [-0.05, 0) is 52.4 Å². The van der Waals surface area contributed by atoms with Gasteiger partial charge in [0.15, 0.2) is 0 Å². The number of alkyl halides is 3. The Morgan fingerprint density at radius 2 is 1.52 bits per heavy atom. The van der Waals surface area contributed by atoms with Gasteiger partial charge in [0.1, 0.15) is 0 Å². The van der Waals surface area contributed by atoms with Crippen molar-refractivity contribution < 1.29 is 21.6 Å². The van der Waals surface area contributed by atoms with Crippen LogP contribution in [0.4, 0.5) is 18.9 Å². The van der Waals surface area contributed by atoms with E-state index in [0.29, 0.717) is 0 Å². The van der Waals surface area contributed by atoms with E-state index < -0.39 is 15.5 Å². The molecule has 0 saturated carbocycles. The molecule has 2 aromatic carbocycles. The molecular weight excluding hydrogens is 442 g/mol. The minimum absolute atomic E-state index is 0.131. The second-order valence-electron chi connectivity index (χ2n) is 4.50. The molecule has 2 rings (SSSR count). The van der Waals surface area contributed by atoms with Crippen molar-refractivity contribution in [1.29, 1.82) is 0 Å². The predicted octanol–water partition coefficient (Wildman–Crippen LogP) is 4.62. The summed E-state index contributed by atoms with van der Waals surface area (Å²) in [4.78, 5) is 0. The van der Waals surface area contributed by atoms with Crippen molar-refractivity contribution >= 4 is 44.0 Å². The molecule has 0 bridgehead atoms. The summed E-state index contributed by atoms with van der Waals surface area (Å²) in [6.07, 6.45) is 0. The molecule has 0 aromatic heterocycles. The lowest BCUT2D eigenvalue weighted by molar-refractivity contribution is -0.0435. The van der Waals surface area contributed by atoms with Crippen LogP contribution in [0.25, 0.3) is 5.70 Å². The zero-order valence-corrected chi connectivity index (χ0v) is 14.6. The molecule has 3 nitrogen and oxygen atoms in total. The van der Waals surface area contributed by atoms with Gasteiger partial charge in [-0.25, -0.2) is 4.31 Å². The Kier molecular flexibility index (Phi) is 5.04. The molecule has 2 aromatic rings. The van der Waals surface area contributed by atoms with Gasteiger partial charge in [0.25, 0.3) is 0 Å². The maximum atomic E-state index is 13.0. The Hall–Kier alpha value is -1.55. The summed E-state index contributed by atoms with van der Waals surface area (Å²) in [7, 11) is -5.62. The van der Waals surface area contributed by atoms with Crippen LogP contribution in [0.1, 0.15) is 5.56 Å². The van der Waals surface area contributed by atoms with Gasteiger partial charge in [0.2, 0.25) is 0 Å². The minimum Gasteiger partial charge on any atom is -0.231 e. The highest BCUT2D eigenvalue weighted by Crippen LogP contribution is 2.36. The molecule has 8 heteroatoms. The lowest BCUT2D eigenvalue weighted by Crippen LogP contribution is -2.39. The molecule has 0 N–H and O–H groups in total. The monoisotopic (exact) mass is 453 g/mol. The number of nitrogens with zero attached hydrogens (tertiary/aromatic N) is 1. The van der Waals surface area contributed by atoms with E-state index in [-0.39, 0.29) is 21.3 Å². The highest BCUT2D eigenvalue weighted by Gasteiger charge is 2.51. The van der Waals surface area contributed by atoms with E-state index >= 15 is 0 Å². The van der Waals surface area contributed by atoms with Crippen molar-refractivity contribution in [3.8, 4) is 0 Å². The standard InChI is InChI=1S/C15H11F3INO2S/c1-11(12-7-9-13(19)10-8-12)20(14-5-3-2-4-6-14)23(21,22)15(16,17)18/h2-10H,1H2. The summed E-state index contributed by atoms with van der Waals surface area (Å²) in [6.45, 7) is 3.56.